The molecule has 1 fully saturated rings. The zero-order chi connectivity index (χ0) is 17.1. The molecule has 1 saturated heterocycles. The summed E-state index contributed by atoms with van der Waals surface area (Å²) in [6.45, 7) is 1.24. The highest BCUT2D eigenvalue weighted by atomic mass is 35.5. The van der Waals surface area contributed by atoms with Gasteiger partial charge >= 0.3 is 0 Å². The highest BCUT2D eigenvalue weighted by molar-refractivity contribution is 6.32. The van der Waals surface area contributed by atoms with Gasteiger partial charge in [0.25, 0.3) is 5.91 Å². The van der Waals surface area contributed by atoms with E-state index >= 15 is 0 Å². The maximum absolute atomic E-state index is 13.0. The van der Waals surface area contributed by atoms with Crippen LogP contribution >= 0.6 is 11.6 Å². The zero-order valence-corrected chi connectivity index (χ0v) is 13.6. The van der Waals surface area contributed by atoms with E-state index in [4.69, 9.17) is 16.3 Å². The summed E-state index contributed by atoms with van der Waals surface area (Å²) in [6, 6.07) is 5.21. The molecule has 1 amide bonds. The monoisotopic (exact) mass is 350 g/mol. The number of aromatic amines is 1. The third-order valence-electron chi connectivity index (χ3n) is 3.88. The number of carbonyl (C=O) groups excluding carboxylic acids is 2. The van der Waals surface area contributed by atoms with Gasteiger partial charge in [0.2, 0.25) is 5.78 Å². The second kappa shape index (κ2) is 7.05. The molecule has 0 saturated carbocycles. The molecule has 0 aliphatic carbocycles. The number of benzene rings is 1. The molecule has 2 aromatic rings. The fraction of sp³-hybridized carbons (Fsp3) is 0.294. The third kappa shape index (κ3) is 3.59. The number of rotatable bonds is 5. The van der Waals surface area contributed by atoms with Gasteiger partial charge in [-0.1, -0.05) is 11.6 Å². The van der Waals surface area contributed by atoms with Crippen LogP contribution in [0, 0.1) is 5.82 Å². The smallest absolute Gasteiger partial charge is 0.270 e. The first-order valence-corrected chi connectivity index (χ1v) is 8.01. The predicted molar refractivity (Wildman–Crippen MR) is 87.2 cm³/mol. The molecule has 0 spiro atoms. The van der Waals surface area contributed by atoms with Crippen molar-refractivity contribution in [3.8, 4) is 5.75 Å². The maximum atomic E-state index is 13.0. The molecule has 0 unspecified atom stereocenters. The van der Waals surface area contributed by atoms with E-state index in [-0.39, 0.29) is 29.1 Å². The van der Waals surface area contributed by atoms with Crippen LogP contribution in [0.25, 0.3) is 0 Å². The summed E-state index contributed by atoms with van der Waals surface area (Å²) in [7, 11) is 0. The van der Waals surface area contributed by atoms with E-state index in [1.165, 1.54) is 24.4 Å². The molecule has 7 heteroatoms. The van der Waals surface area contributed by atoms with Gasteiger partial charge in [-0.3, -0.25) is 9.59 Å². The molecule has 5 nitrogen and oxygen atoms in total. The minimum Gasteiger partial charge on any atom is -0.484 e. The van der Waals surface area contributed by atoms with Crippen molar-refractivity contribution in [3.05, 3.63) is 52.6 Å². The number of likely N-dealkylation sites (tertiary alicyclic amines) is 1. The molecule has 3 rings (SSSR count). The SMILES string of the molecule is O=C(COc1ccc(F)cc1Cl)c1c[nH]c(C(=O)N2CCCC2)c1. The highest BCUT2D eigenvalue weighted by Gasteiger charge is 2.21. The Kier molecular flexibility index (Phi) is 4.85. The lowest BCUT2D eigenvalue weighted by molar-refractivity contribution is 0.0787. The summed E-state index contributed by atoms with van der Waals surface area (Å²) in [5, 5.41) is 0.0989. The lowest BCUT2D eigenvalue weighted by atomic mass is 10.2. The molecule has 1 aliphatic rings. The number of halogens is 2. The van der Waals surface area contributed by atoms with Gasteiger partial charge in [-0.2, -0.15) is 0 Å². The van der Waals surface area contributed by atoms with Crippen LogP contribution in [0.3, 0.4) is 0 Å². The Labute approximate surface area is 143 Å². The van der Waals surface area contributed by atoms with Crippen LogP contribution in [0.2, 0.25) is 5.02 Å². The molecule has 1 aromatic heterocycles. The van der Waals surface area contributed by atoms with E-state index in [9.17, 15) is 14.0 Å². The lowest BCUT2D eigenvalue weighted by Gasteiger charge is -2.13. The average Bonchev–Trinajstić information content (AvgIpc) is 3.25. The van der Waals surface area contributed by atoms with Crippen LogP contribution < -0.4 is 4.74 Å². The van der Waals surface area contributed by atoms with Crippen LogP contribution in [0.4, 0.5) is 4.39 Å². The second-order valence-corrected chi connectivity index (χ2v) is 6.00. The summed E-state index contributed by atoms with van der Waals surface area (Å²) in [4.78, 5) is 29.0. The van der Waals surface area contributed by atoms with Gasteiger partial charge in [-0.15, -0.1) is 0 Å². The number of carbonyl (C=O) groups is 2. The van der Waals surface area contributed by atoms with Crippen LogP contribution in [0.1, 0.15) is 33.7 Å². The van der Waals surface area contributed by atoms with Crippen LogP contribution in [-0.4, -0.2) is 41.3 Å². The van der Waals surface area contributed by atoms with Crippen molar-refractivity contribution in [3.63, 3.8) is 0 Å². The second-order valence-electron chi connectivity index (χ2n) is 5.59. The first-order chi connectivity index (χ1) is 11.5. The number of hydrogen-bond acceptors (Lipinski definition) is 3. The number of aromatic nitrogens is 1. The van der Waals surface area contributed by atoms with Crippen LogP contribution in [0.5, 0.6) is 5.75 Å². The van der Waals surface area contributed by atoms with E-state index in [1.807, 2.05) is 0 Å². The fourth-order valence-corrected chi connectivity index (χ4v) is 2.81. The Morgan fingerprint density at radius 3 is 2.71 bits per heavy atom. The van der Waals surface area contributed by atoms with Gasteiger partial charge in [-0.25, -0.2) is 4.39 Å². The number of Topliss-reactive ketones (excluding diaryl/α,β-unsaturated/α-hetero) is 1. The normalized spacial score (nSPS) is 14.0. The summed E-state index contributed by atoms with van der Waals surface area (Å²) in [5.74, 6) is -0.647. The van der Waals surface area contributed by atoms with Crippen molar-refractivity contribution in [1.29, 1.82) is 0 Å². The van der Waals surface area contributed by atoms with Gasteiger partial charge < -0.3 is 14.6 Å². The van der Waals surface area contributed by atoms with Crippen molar-refractivity contribution >= 4 is 23.3 Å². The van der Waals surface area contributed by atoms with Gasteiger partial charge in [0.15, 0.2) is 6.61 Å². The minimum atomic E-state index is -0.477. The van der Waals surface area contributed by atoms with Crippen molar-refractivity contribution in [1.82, 2.24) is 9.88 Å². The molecule has 1 N–H and O–H groups in total. The van der Waals surface area contributed by atoms with Gasteiger partial charge in [0, 0.05) is 24.8 Å². The number of nitrogens with zero attached hydrogens (tertiary/aromatic N) is 1. The lowest BCUT2D eigenvalue weighted by Crippen LogP contribution is -2.27. The number of hydrogen-bond donors (Lipinski definition) is 1. The van der Waals surface area contributed by atoms with Gasteiger partial charge in [0.05, 0.1) is 5.02 Å². The maximum Gasteiger partial charge on any atom is 0.270 e. The van der Waals surface area contributed by atoms with Gasteiger partial charge in [-0.05, 0) is 37.1 Å². The number of ether oxygens (including phenoxy) is 1. The fourth-order valence-electron chi connectivity index (χ4n) is 2.59. The van der Waals surface area contributed by atoms with E-state index in [2.05, 4.69) is 4.98 Å². The quantitative estimate of drug-likeness (QED) is 0.841. The molecule has 0 bridgehead atoms. The van der Waals surface area contributed by atoms with Crippen LogP contribution in [0.15, 0.2) is 30.5 Å². The molecule has 1 aliphatic heterocycles. The molecule has 24 heavy (non-hydrogen) atoms. The molecule has 1 aromatic carbocycles. The molecule has 2 heterocycles. The number of ketones is 1. The van der Waals surface area contributed by atoms with E-state index in [1.54, 1.807) is 4.90 Å². The zero-order valence-electron chi connectivity index (χ0n) is 12.9. The number of nitrogens with one attached hydrogen (secondary N) is 1. The standard InChI is InChI=1S/C17H16ClFN2O3/c18-13-8-12(19)3-4-16(13)24-10-15(22)11-7-14(20-9-11)17(23)21-5-1-2-6-21/h3-4,7-9,20H,1-2,5-6,10H2. The van der Waals surface area contributed by atoms with E-state index in [0.717, 1.165) is 32.0 Å². The predicted octanol–water partition coefficient (Wildman–Crippen LogP) is 3.30. The Morgan fingerprint density at radius 1 is 1.25 bits per heavy atom. The Bertz CT molecular complexity index is 769. The summed E-state index contributed by atoms with van der Waals surface area (Å²) < 4.78 is 18.3. The molecule has 0 radical (unpaired) electrons. The first-order valence-electron chi connectivity index (χ1n) is 7.63. The number of amides is 1. The molecule has 0 atom stereocenters. The molecule has 126 valence electrons. The van der Waals surface area contributed by atoms with Crippen molar-refractivity contribution < 1.29 is 18.7 Å². The first kappa shape index (κ1) is 16.5. The van der Waals surface area contributed by atoms with Crippen molar-refractivity contribution in [2.75, 3.05) is 19.7 Å². The largest absolute Gasteiger partial charge is 0.484 e. The Hall–Kier alpha value is -2.34. The van der Waals surface area contributed by atoms with E-state index < -0.39 is 5.82 Å². The highest BCUT2D eigenvalue weighted by Crippen LogP contribution is 2.25. The Morgan fingerprint density at radius 2 is 2.00 bits per heavy atom. The van der Waals surface area contributed by atoms with Gasteiger partial charge in [0.1, 0.15) is 17.3 Å². The average molecular weight is 351 g/mol. The molecular formula is C17H16ClFN2O3. The van der Waals surface area contributed by atoms with Crippen molar-refractivity contribution in [2.45, 2.75) is 12.8 Å². The number of H-pyrrole nitrogens is 1. The summed E-state index contributed by atoms with van der Waals surface area (Å²) in [6.07, 6.45) is 3.50. The van der Waals surface area contributed by atoms with Crippen LogP contribution in [-0.2, 0) is 0 Å². The van der Waals surface area contributed by atoms with Crippen molar-refractivity contribution in [2.24, 2.45) is 0 Å². The summed E-state index contributed by atoms with van der Waals surface area (Å²) >= 11 is 5.84. The molecular weight excluding hydrogens is 335 g/mol. The minimum absolute atomic E-state index is 0.0989. The topological polar surface area (TPSA) is 62.4 Å². The third-order valence-corrected chi connectivity index (χ3v) is 4.18. The summed E-state index contributed by atoms with van der Waals surface area (Å²) in [5.41, 5.74) is 0.746. The Balaban J connectivity index is 1.62. The van der Waals surface area contributed by atoms with E-state index in [0.29, 0.717) is 11.3 Å².